The number of rotatable bonds is 0. The summed E-state index contributed by atoms with van der Waals surface area (Å²) >= 11 is 0. The Hall–Kier alpha value is -1.61. The second-order valence-corrected chi connectivity index (χ2v) is 7.42. The molecule has 2 aromatic rings. The molecule has 0 radical (unpaired) electrons. The molecule has 1 aliphatic heterocycles. The fraction of sp³-hybridized carbons (Fsp3) is 0.526. The van der Waals surface area contributed by atoms with Crippen molar-refractivity contribution in [1.29, 1.82) is 0 Å². The molecule has 114 valence electrons. The number of aromatic nitrogens is 1. The van der Waals surface area contributed by atoms with Crippen molar-refractivity contribution < 1.29 is 4.79 Å². The molecule has 1 aromatic carbocycles. The minimum absolute atomic E-state index is 0.255. The van der Waals surface area contributed by atoms with Gasteiger partial charge in [0, 0.05) is 29.5 Å². The zero-order chi connectivity index (χ0) is 14.8. The van der Waals surface area contributed by atoms with Crippen molar-refractivity contribution in [3.63, 3.8) is 0 Å². The molecular weight excluding hydrogens is 272 g/mol. The molecule has 1 fully saturated rings. The lowest BCUT2D eigenvalue weighted by molar-refractivity contribution is 0.0807. The lowest BCUT2D eigenvalue weighted by Gasteiger charge is -2.42. The second-order valence-electron chi connectivity index (χ2n) is 7.42. The number of carbonyl (C=O) groups excluding carboxylic acids is 1. The molecule has 5 rings (SSSR count). The molecule has 0 unspecified atom stereocenters. The highest BCUT2D eigenvalue weighted by atomic mass is 16.2. The first-order valence-electron chi connectivity index (χ1n) is 8.66. The summed E-state index contributed by atoms with van der Waals surface area (Å²) in [4.78, 5) is 12.8. The Morgan fingerprint density at radius 2 is 1.91 bits per heavy atom. The molecule has 2 N–H and O–H groups in total. The standard InChI is InChI=1S/C19H22N2O/c20-15-10-14-12-6-3-4-8-16(12)21-17(22)9-11-5-1-2-7-13(15)18(11)19(14)21/h3-4,6,8,11,13,15,18H,1-2,5,7,9-10,20H2/t11-,13+,15-,18+/m1/s1. The van der Waals surface area contributed by atoms with Gasteiger partial charge in [-0.25, -0.2) is 0 Å². The van der Waals surface area contributed by atoms with E-state index in [1.54, 1.807) is 0 Å². The van der Waals surface area contributed by atoms with Crippen molar-refractivity contribution in [3.8, 4) is 0 Å². The molecule has 22 heavy (non-hydrogen) atoms. The molecule has 1 aromatic heterocycles. The Balaban J connectivity index is 1.85. The Bertz CT molecular complexity index is 775. The predicted octanol–water partition coefficient (Wildman–Crippen LogP) is 3.46. The van der Waals surface area contributed by atoms with Gasteiger partial charge in [-0.3, -0.25) is 9.36 Å². The van der Waals surface area contributed by atoms with Gasteiger partial charge in [-0.05, 0) is 42.7 Å². The molecule has 0 spiro atoms. The van der Waals surface area contributed by atoms with Gasteiger partial charge in [-0.2, -0.15) is 0 Å². The minimum Gasteiger partial charge on any atom is -0.327 e. The highest BCUT2D eigenvalue weighted by Gasteiger charge is 2.47. The number of hydrogen-bond acceptors (Lipinski definition) is 2. The van der Waals surface area contributed by atoms with E-state index in [9.17, 15) is 4.79 Å². The molecular formula is C19H22N2O. The fourth-order valence-electron chi connectivity index (χ4n) is 5.49. The van der Waals surface area contributed by atoms with Crippen molar-refractivity contribution in [2.24, 2.45) is 17.6 Å². The highest BCUT2D eigenvalue weighted by molar-refractivity contribution is 5.97. The largest absolute Gasteiger partial charge is 0.327 e. The number of nitrogens with two attached hydrogens (primary N) is 1. The Morgan fingerprint density at radius 1 is 1.09 bits per heavy atom. The SMILES string of the molecule is N[C@@H]1Cc2c3n(c4ccccc24)C(=O)C[C@H]2CCCC[C@@H]1[C@@H]32. The van der Waals surface area contributed by atoms with Crippen LogP contribution in [0.3, 0.4) is 0 Å². The molecule has 0 saturated heterocycles. The van der Waals surface area contributed by atoms with Crippen LogP contribution in [0.15, 0.2) is 24.3 Å². The van der Waals surface area contributed by atoms with Crippen molar-refractivity contribution in [2.75, 3.05) is 0 Å². The number of benzene rings is 1. The summed E-state index contributed by atoms with van der Waals surface area (Å²) in [6, 6.07) is 8.65. The summed E-state index contributed by atoms with van der Waals surface area (Å²) in [5.41, 5.74) is 10.4. The Kier molecular flexibility index (Phi) is 2.61. The third-order valence-corrected chi connectivity index (χ3v) is 6.34. The summed E-state index contributed by atoms with van der Waals surface area (Å²) in [5.74, 6) is 1.89. The van der Waals surface area contributed by atoms with Gasteiger partial charge >= 0.3 is 0 Å². The van der Waals surface area contributed by atoms with E-state index in [4.69, 9.17) is 5.73 Å². The lowest BCUT2D eigenvalue weighted by Crippen LogP contribution is -2.45. The topological polar surface area (TPSA) is 48.0 Å². The van der Waals surface area contributed by atoms with E-state index in [1.807, 2.05) is 6.07 Å². The van der Waals surface area contributed by atoms with Crippen LogP contribution in [0.1, 0.15) is 54.1 Å². The molecule has 3 heteroatoms. The van der Waals surface area contributed by atoms with Crippen LogP contribution >= 0.6 is 0 Å². The maximum atomic E-state index is 12.8. The summed E-state index contributed by atoms with van der Waals surface area (Å²) in [6.07, 6.45) is 6.60. The minimum atomic E-state index is 0.255. The van der Waals surface area contributed by atoms with Crippen LogP contribution in [-0.2, 0) is 6.42 Å². The molecule has 1 saturated carbocycles. The van der Waals surface area contributed by atoms with E-state index in [1.165, 1.54) is 42.3 Å². The van der Waals surface area contributed by atoms with Crippen LogP contribution in [0.25, 0.3) is 10.9 Å². The van der Waals surface area contributed by atoms with Crippen LogP contribution in [0.2, 0.25) is 0 Å². The molecule has 0 amide bonds. The first-order valence-corrected chi connectivity index (χ1v) is 8.66. The third kappa shape index (κ3) is 1.52. The Morgan fingerprint density at radius 3 is 2.82 bits per heavy atom. The van der Waals surface area contributed by atoms with Crippen LogP contribution in [-0.4, -0.2) is 16.5 Å². The van der Waals surface area contributed by atoms with Crippen LogP contribution < -0.4 is 5.73 Å². The van der Waals surface area contributed by atoms with E-state index in [0.717, 1.165) is 11.9 Å². The quantitative estimate of drug-likeness (QED) is 0.809. The zero-order valence-corrected chi connectivity index (χ0v) is 12.8. The van der Waals surface area contributed by atoms with E-state index in [0.29, 0.717) is 30.1 Å². The summed E-state index contributed by atoms with van der Waals surface area (Å²) in [5, 5.41) is 1.25. The number of para-hydroxylation sites is 1. The van der Waals surface area contributed by atoms with E-state index >= 15 is 0 Å². The fourth-order valence-corrected chi connectivity index (χ4v) is 5.49. The first-order chi connectivity index (χ1) is 10.8. The predicted molar refractivity (Wildman–Crippen MR) is 87.0 cm³/mol. The van der Waals surface area contributed by atoms with Crippen LogP contribution in [0.4, 0.5) is 0 Å². The molecule has 4 atom stereocenters. The maximum absolute atomic E-state index is 12.8. The lowest BCUT2D eigenvalue weighted by atomic mass is 9.66. The number of nitrogens with zero attached hydrogens (tertiary/aromatic N) is 1. The van der Waals surface area contributed by atoms with Gasteiger partial charge in [0.25, 0.3) is 0 Å². The molecule has 3 aliphatic rings. The second kappa shape index (κ2) is 4.45. The van der Waals surface area contributed by atoms with Gasteiger partial charge in [0.15, 0.2) is 0 Å². The van der Waals surface area contributed by atoms with Gasteiger partial charge in [0.2, 0.25) is 5.91 Å². The van der Waals surface area contributed by atoms with Gasteiger partial charge in [-0.15, -0.1) is 0 Å². The average Bonchev–Trinajstić information content (AvgIpc) is 2.70. The molecule has 2 aliphatic carbocycles. The van der Waals surface area contributed by atoms with Gasteiger partial charge in [0.05, 0.1) is 5.52 Å². The number of hydrogen-bond donors (Lipinski definition) is 1. The van der Waals surface area contributed by atoms with Crippen molar-refractivity contribution in [1.82, 2.24) is 4.57 Å². The van der Waals surface area contributed by atoms with Gasteiger partial charge in [0.1, 0.15) is 0 Å². The van der Waals surface area contributed by atoms with Crippen LogP contribution in [0, 0.1) is 11.8 Å². The Labute approximate surface area is 130 Å². The smallest absolute Gasteiger partial charge is 0.231 e. The van der Waals surface area contributed by atoms with Gasteiger partial charge in [-0.1, -0.05) is 31.0 Å². The normalized spacial score (nSPS) is 33.6. The molecule has 0 bridgehead atoms. The van der Waals surface area contributed by atoms with E-state index < -0.39 is 0 Å². The summed E-state index contributed by atoms with van der Waals surface area (Å²) < 4.78 is 2.05. The van der Waals surface area contributed by atoms with Crippen LogP contribution in [0.5, 0.6) is 0 Å². The van der Waals surface area contributed by atoms with E-state index in [2.05, 4.69) is 22.8 Å². The van der Waals surface area contributed by atoms with Crippen molar-refractivity contribution in [2.45, 2.75) is 50.5 Å². The summed E-state index contributed by atoms with van der Waals surface area (Å²) in [7, 11) is 0. The molecule has 3 nitrogen and oxygen atoms in total. The average molecular weight is 294 g/mol. The zero-order valence-electron chi connectivity index (χ0n) is 12.8. The molecule has 2 heterocycles. The first kappa shape index (κ1) is 12.9. The van der Waals surface area contributed by atoms with Crippen molar-refractivity contribution in [3.05, 3.63) is 35.5 Å². The van der Waals surface area contributed by atoms with E-state index in [-0.39, 0.29) is 6.04 Å². The third-order valence-electron chi connectivity index (χ3n) is 6.34. The maximum Gasteiger partial charge on any atom is 0.231 e. The highest BCUT2D eigenvalue weighted by Crippen LogP contribution is 2.52. The number of fused-ring (bicyclic) bond motifs is 3. The monoisotopic (exact) mass is 294 g/mol. The van der Waals surface area contributed by atoms with Crippen molar-refractivity contribution >= 4 is 16.8 Å². The number of carbonyl (C=O) groups is 1. The summed E-state index contributed by atoms with van der Waals surface area (Å²) in [6.45, 7) is 0. The van der Waals surface area contributed by atoms with Gasteiger partial charge < -0.3 is 5.73 Å².